The van der Waals surface area contributed by atoms with Gasteiger partial charge in [0.2, 0.25) is 0 Å². The Balaban J connectivity index is 1.30. The van der Waals surface area contributed by atoms with Gasteiger partial charge in [-0.05, 0) is 48.5 Å². The minimum absolute atomic E-state index is 0.586. The molecular formula is C36H26NO2P. The van der Waals surface area contributed by atoms with Crippen LogP contribution in [-0.2, 0) is 4.57 Å². The van der Waals surface area contributed by atoms with Crippen molar-refractivity contribution in [3.05, 3.63) is 158 Å². The lowest BCUT2D eigenvalue weighted by Crippen LogP contribution is -2.25. The number of para-hydroxylation sites is 3. The summed E-state index contributed by atoms with van der Waals surface area (Å²) in [6.45, 7) is 0. The summed E-state index contributed by atoms with van der Waals surface area (Å²) in [6, 6.07) is 52.1. The van der Waals surface area contributed by atoms with E-state index < -0.39 is 7.14 Å². The SMILES string of the molecule is O=P(c1ccccc1)(c1ccccc1)c1ccccc1Oc1ccc(-n2c3ccccc3c3ccccc32)cc1. The van der Waals surface area contributed by atoms with Gasteiger partial charge in [0, 0.05) is 27.1 Å². The molecule has 40 heavy (non-hydrogen) atoms. The fourth-order valence-corrected chi connectivity index (χ4v) is 8.26. The fourth-order valence-electron chi connectivity index (χ4n) is 5.50. The van der Waals surface area contributed by atoms with Crippen LogP contribution in [0.5, 0.6) is 11.5 Å². The molecule has 0 N–H and O–H groups in total. The van der Waals surface area contributed by atoms with Crippen molar-refractivity contribution in [3.8, 4) is 17.2 Å². The highest BCUT2D eigenvalue weighted by Gasteiger charge is 2.32. The smallest absolute Gasteiger partial charge is 0.174 e. The first-order valence-corrected chi connectivity index (χ1v) is 15.0. The summed E-state index contributed by atoms with van der Waals surface area (Å²) in [4.78, 5) is 0. The first-order chi connectivity index (χ1) is 19.7. The fraction of sp³-hybridized carbons (Fsp3) is 0. The molecule has 192 valence electrons. The van der Waals surface area contributed by atoms with Crippen molar-refractivity contribution in [2.75, 3.05) is 0 Å². The monoisotopic (exact) mass is 535 g/mol. The second-order valence-electron chi connectivity index (χ2n) is 9.71. The molecule has 0 saturated carbocycles. The van der Waals surface area contributed by atoms with Gasteiger partial charge < -0.3 is 13.9 Å². The molecule has 0 atom stereocenters. The predicted molar refractivity (Wildman–Crippen MR) is 167 cm³/mol. The maximum atomic E-state index is 15.0. The van der Waals surface area contributed by atoms with Crippen LogP contribution in [0.25, 0.3) is 27.5 Å². The quantitative estimate of drug-likeness (QED) is 0.201. The number of rotatable bonds is 6. The molecule has 0 aliphatic heterocycles. The van der Waals surface area contributed by atoms with Crippen LogP contribution in [-0.4, -0.2) is 4.57 Å². The Morgan fingerprint density at radius 2 is 0.950 bits per heavy atom. The van der Waals surface area contributed by atoms with E-state index in [1.807, 2.05) is 97.1 Å². The van der Waals surface area contributed by atoms with Crippen LogP contribution >= 0.6 is 7.14 Å². The van der Waals surface area contributed by atoms with Gasteiger partial charge in [-0.2, -0.15) is 0 Å². The Bertz CT molecular complexity index is 1900. The van der Waals surface area contributed by atoms with Crippen molar-refractivity contribution in [2.45, 2.75) is 0 Å². The third-order valence-electron chi connectivity index (χ3n) is 7.35. The molecule has 1 heterocycles. The number of hydrogen-bond acceptors (Lipinski definition) is 2. The Morgan fingerprint density at radius 1 is 0.475 bits per heavy atom. The number of aromatic nitrogens is 1. The van der Waals surface area contributed by atoms with E-state index in [1.54, 1.807) is 0 Å². The molecule has 0 aliphatic rings. The van der Waals surface area contributed by atoms with Gasteiger partial charge in [0.05, 0.1) is 16.3 Å². The lowest BCUT2D eigenvalue weighted by molar-refractivity contribution is 0.486. The van der Waals surface area contributed by atoms with Crippen molar-refractivity contribution >= 4 is 44.9 Å². The van der Waals surface area contributed by atoms with E-state index in [4.69, 9.17) is 4.74 Å². The number of hydrogen-bond donors (Lipinski definition) is 0. The first kappa shape index (κ1) is 24.2. The van der Waals surface area contributed by atoms with Crippen molar-refractivity contribution < 1.29 is 9.30 Å². The van der Waals surface area contributed by atoms with E-state index in [2.05, 4.69) is 65.2 Å². The standard InChI is InChI=1S/C36H26NO2P/c38-40(29-13-3-1-4-14-29,30-15-5-2-6-16-30)36-22-12-11-21-35(36)39-28-25-23-27(24-26-28)37-33-19-9-7-17-31(33)32-18-8-10-20-34(32)37/h1-26H. The Kier molecular flexibility index (Phi) is 6.07. The molecule has 6 aromatic carbocycles. The van der Waals surface area contributed by atoms with Crippen LogP contribution in [0.4, 0.5) is 0 Å². The second kappa shape index (κ2) is 10.0. The average Bonchev–Trinajstić information content (AvgIpc) is 3.37. The molecule has 0 unspecified atom stereocenters. The minimum Gasteiger partial charge on any atom is -0.457 e. The van der Waals surface area contributed by atoms with Gasteiger partial charge in [0.1, 0.15) is 11.5 Å². The van der Waals surface area contributed by atoms with Crippen LogP contribution < -0.4 is 20.7 Å². The highest BCUT2D eigenvalue weighted by atomic mass is 31.2. The topological polar surface area (TPSA) is 31.2 Å². The molecule has 3 nitrogen and oxygen atoms in total. The number of benzene rings is 6. The molecule has 1 aromatic heterocycles. The van der Waals surface area contributed by atoms with Gasteiger partial charge in [-0.1, -0.05) is 109 Å². The van der Waals surface area contributed by atoms with Crippen molar-refractivity contribution in [1.29, 1.82) is 0 Å². The summed E-state index contributed by atoms with van der Waals surface area (Å²) in [5.41, 5.74) is 3.38. The summed E-state index contributed by atoms with van der Waals surface area (Å²) in [6.07, 6.45) is 0. The largest absolute Gasteiger partial charge is 0.457 e. The molecule has 0 radical (unpaired) electrons. The van der Waals surface area contributed by atoms with Crippen LogP contribution in [0.15, 0.2) is 158 Å². The molecule has 0 amide bonds. The second-order valence-corrected chi connectivity index (χ2v) is 12.4. The van der Waals surface area contributed by atoms with Gasteiger partial charge in [-0.25, -0.2) is 0 Å². The van der Waals surface area contributed by atoms with Gasteiger partial charge >= 0.3 is 0 Å². The van der Waals surface area contributed by atoms with Gasteiger partial charge in [-0.3, -0.25) is 0 Å². The van der Waals surface area contributed by atoms with Crippen LogP contribution in [0, 0.1) is 0 Å². The number of fused-ring (bicyclic) bond motifs is 3. The summed E-state index contributed by atoms with van der Waals surface area (Å²) in [5.74, 6) is 1.27. The molecule has 0 saturated heterocycles. The van der Waals surface area contributed by atoms with Crippen molar-refractivity contribution in [1.82, 2.24) is 4.57 Å². The molecule has 7 rings (SSSR count). The Labute approximate surface area is 233 Å². The Hall–Kier alpha value is -4.85. The van der Waals surface area contributed by atoms with Crippen LogP contribution in [0.3, 0.4) is 0 Å². The predicted octanol–water partition coefficient (Wildman–Crippen LogP) is 8.22. The minimum atomic E-state index is -3.18. The maximum Gasteiger partial charge on any atom is 0.174 e. The van der Waals surface area contributed by atoms with Gasteiger partial charge in [0.25, 0.3) is 0 Å². The molecule has 0 aliphatic carbocycles. The van der Waals surface area contributed by atoms with Crippen molar-refractivity contribution in [2.24, 2.45) is 0 Å². The van der Waals surface area contributed by atoms with E-state index >= 15 is 4.57 Å². The zero-order chi connectivity index (χ0) is 26.9. The van der Waals surface area contributed by atoms with E-state index in [-0.39, 0.29) is 0 Å². The van der Waals surface area contributed by atoms with Gasteiger partial charge in [0.15, 0.2) is 7.14 Å². The molecule has 4 heteroatoms. The van der Waals surface area contributed by atoms with Crippen LogP contribution in [0.2, 0.25) is 0 Å². The van der Waals surface area contributed by atoms with E-state index in [9.17, 15) is 0 Å². The summed E-state index contributed by atoms with van der Waals surface area (Å²) >= 11 is 0. The lowest BCUT2D eigenvalue weighted by atomic mass is 10.2. The molecular weight excluding hydrogens is 509 g/mol. The Morgan fingerprint density at radius 3 is 1.52 bits per heavy atom. The van der Waals surface area contributed by atoms with E-state index in [1.165, 1.54) is 10.8 Å². The van der Waals surface area contributed by atoms with E-state index in [0.717, 1.165) is 27.3 Å². The maximum absolute atomic E-state index is 15.0. The third-order valence-corrected chi connectivity index (χ3v) is 10.4. The highest BCUT2D eigenvalue weighted by Crippen LogP contribution is 2.45. The summed E-state index contributed by atoms with van der Waals surface area (Å²) in [7, 11) is -3.18. The first-order valence-electron chi connectivity index (χ1n) is 13.3. The zero-order valence-electron chi connectivity index (χ0n) is 21.7. The molecule has 0 spiro atoms. The molecule has 0 bridgehead atoms. The van der Waals surface area contributed by atoms with Crippen LogP contribution in [0.1, 0.15) is 0 Å². The average molecular weight is 536 g/mol. The zero-order valence-corrected chi connectivity index (χ0v) is 22.6. The summed E-state index contributed by atoms with van der Waals surface area (Å²) < 4.78 is 23.7. The van der Waals surface area contributed by atoms with Gasteiger partial charge in [-0.15, -0.1) is 0 Å². The third kappa shape index (κ3) is 4.04. The van der Waals surface area contributed by atoms with Crippen molar-refractivity contribution in [3.63, 3.8) is 0 Å². The molecule has 7 aromatic rings. The lowest BCUT2D eigenvalue weighted by Gasteiger charge is -2.22. The normalized spacial score (nSPS) is 11.6. The highest BCUT2D eigenvalue weighted by molar-refractivity contribution is 7.85. The summed E-state index contributed by atoms with van der Waals surface area (Å²) in [5, 5.41) is 4.69. The van der Waals surface area contributed by atoms with E-state index in [0.29, 0.717) is 16.8 Å². The number of ether oxygens (including phenoxy) is 1. The molecule has 0 fully saturated rings. The number of nitrogens with zero attached hydrogens (tertiary/aromatic N) is 1.